The van der Waals surface area contributed by atoms with Crippen LogP contribution in [0.1, 0.15) is 5.56 Å². The number of para-hydroxylation sites is 1. The van der Waals surface area contributed by atoms with Gasteiger partial charge in [-0.25, -0.2) is 4.79 Å². The van der Waals surface area contributed by atoms with Crippen molar-refractivity contribution < 1.29 is 9.53 Å². The average Bonchev–Trinajstić information content (AvgIpc) is 2.04. The molecule has 0 radical (unpaired) electrons. The van der Waals surface area contributed by atoms with Gasteiger partial charge in [0, 0.05) is 0 Å². The van der Waals surface area contributed by atoms with Crippen LogP contribution in [0, 0.1) is 11.3 Å². The van der Waals surface area contributed by atoms with Crippen molar-refractivity contribution in [1.82, 2.24) is 0 Å². The van der Waals surface area contributed by atoms with E-state index in [0.29, 0.717) is 0 Å². The van der Waals surface area contributed by atoms with E-state index in [1.165, 1.54) is 12.1 Å². The van der Waals surface area contributed by atoms with Gasteiger partial charge in [-0.2, -0.15) is 5.26 Å². The van der Waals surface area contributed by atoms with E-state index in [0.717, 1.165) is 0 Å². The molecule has 0 saturated carbocycles. The normalized spacial score (nSPS) is 8.58. The molecule has 1 aromatic carbocycles. The lowest BCUT2D eigenvalue weighted by Crippen LogP contribution is -2.16. The molecule has 0 aliphatic heterocycles. The monoisotopic (exact) mass is 162 g/mol. The molecule has 4 nitrogen and oxygen atoms in total. The van der Waals surface area contributed by atoms with Gasteiger partial charge in [-0.15, -0.1) is 0 Å². The van der Waals surface area contributed by atoms with Gasteiger partial charge in [0.2, 0.25) is 0 Å². The largest absolute Gasteiger partial charge is 0.410 e. The van der Waals surface area contributed by atoms with Crippen molar-refractivity contribution in [3.63, 3.8) is 0 Å². The molecule has 0 fully saturated rings. The molecule has 1 rings (SSSR count). The van der Waals surface area contributed by atoms with Gasteiger partial charge in [0.15, 0.2) is 5.75 Å². The van der Waals surface area contributed by atoms with Gasteiger partial charge in [0.1, 0.15) is 6.07 Å². The predicted molar refractivity (Wildman–Crippen MR) is 41.4 cm³/mol. The number of hydrogen-bond acceptors (Lipinski definition) is 3. The van der Waals surface area contributed by atoms with Crippen LogP contribution in [0.3, 0.4) is 0 Å². The minimum Gasteiger partial charge on any atom is -0.409 e. The second-order valence-electron chi connectivity index (χ2n) is 2.03. The van der Waals surface area contributed by atoms with E-state index in [1.54, 1.807) is 12.1 Å². The molecule has 0 aromatic heterocycles. The fourth-order valence-corrected chi connectivity index (χ4v) is 0.756. The number of rotatable bonds is 1. The van der Waals surface area contributed by atoms with E-state index in [4.69, 9.17) is 11.0 Å². The molecule has 12 heavy (non-hydrogen) atoms. The minimum atomic E-state index is -0.919. The van der Waals surface area contributed by atoms with Crippen molar-refractivity contribution in [2.45, 2.75) is 0 Å². The van der Waals surface area contributed by atoms with Crippen LogP contribution in [-0.4, -0.2) is 6.09 Å². The molecule has 0 heterocycles. The lowest BCUT2D eigenvalue weighted by Gasteiger charge is -2.00. The quantitative estimate of drug-likeness (QED) is 0.669. The summed E-state index contributed by atoms with van der Waals surface area (Å²) < 4.78 is 4.55. The fourth-order valence-electron chi connectivity index (χ4n) is 0.756. The highest BCUT2D eigenvalue weighted by Gasteiger charge is 2.03. The van der Waals surface area contributed by atoms with Crippen LogP contribution in [0.25, 0.3) is 0 Å². The first-order valence-electron chi connectivity index (χ1n) is 3.20. The Bertz CT molecular complexity index is 341. The Kier molecular flexibility index (Phi) is 2.29. The smallest absolute Gasteiger partial charge is 0.409 e. The second kappa shape index (κ2) is 3.39. The molecule has 0 bridgehead atoms. The summed E-state index contributed by atoms with van der Waals surface area (Å²) in [5.41, 5.74) is 5.07. The van der Waals surface area contributed by atoms with Crippen LogP contribution in [0.4, 0.5) is 4.79 Å². The van der Waals surface area contributed by atoms with Crippen LogP contribution in [-0.2, 0) is 0 Å². The summed E-state index contributed by atoms with van der Waals surface area (Å²) in [5.74, 6) is 0.188. The second-order valence-corrected chi connectivity index (χ2v) is 2.03. The fraction of sp³-hybridized carbons (Fsp3) is 0. The Hall–Kier alpha value is -2.02. The first-order chi connectivity index (χ1) is 5.74. The van der Waals surface area contributed by atoms with Crippen LogP contribution >= 0.6 is 0 Å². The molecule has 4 heteroatoms. The summed E-state index contributed by atoms with van der Waals surface area (Å²) in [6.45, 7) is 0. The summed E-state index contributed by atoms with van der Waals surface area (Å²) in [6, 6.07) is 8.24. The molecule has 0 spiro atoms. The van der Waals surface area contributed by atoms with Gasteiger partial charge in [0.05, 0.1) is 5.56 Å². The van der Waals surface area contributed by atoms with Gasteiger partial charge in [-0.1, -0.05) is 12.1 Å². The molecular weight excluding hydrogens is 156 g/mol. The molecule has 0 unspecified atom stereocenters. The van der Waals surface area contributed by atoms with E-state index >= 15 is 0 Å². The summed E-state index contributed by atoms with van der Waals surface area (Å²) >= 11 is 0. The summed E-state index contributed by atoms with van der Waals surface area (Å²) in [4.78, 5) is 10.3. The first-order valence-corrected chi connectivity index (χ1v) is 3.20. The lowest BCUT2D eigenvalue weighted by atomic mass is 10.2. The number of nitrogens with two attached hydrogens (primary N) is 1. The van der Waals surface area contributed by atoms with E-state index in [2.05, 4.69) is 4.74 Å². The van der Waals surface area contributed by atoms with Crippen molar-refractivity contribution in [3.8, 4) is 11.8 Å². The number of benzene rings is 1. The van der Waals surface area contributed by atoms with Gasteiger partial charge >= 0.3 is 6.09 Å². The number of nitrogens with zero attached hydrogens (tertiary/aromatic N) is 1. The number of primary amides is 1. The Morgan fingerprint density at radius 2 is 2.17 bits per heavy atom. The average molecular weight is 162 g/mol. The van der Waals surface area contributed by atoms with Crippen molar-refractivity contribution in [2.24, 2.45) is 5.73 Å². The van der Waals surface area contributed by atoms with Crippen molar-refractivity contribution in [2.75, 3.05) is 0 Å². The third-order valence-corrected chi connectivity index (χ3v) is 1.22. The van der Waals surface area contributed by atoms with Gasteiger partial charge in [-0.3, -0.25) is 0 Å². The van der Waals surface area contributed by atoms with E-state index in [-0.39, 0.29) is 11.3 Å². The van der Waals surface area contributed by atoms with Crippen molar-refractivity contribution in [3.05, 3.63) is 29.8 Å². The first kappa shape index (κ1) is 8.08. The summed E-state index contributed by atoms with van der Waals surface area (Å²) in [7, 11) is 0. The number of ether oxygens (including phenoxy) is 1. The maximum atomic E-state index is 10.3. The molecule has 2 N–H and O–H groups in total. The van der Waals surface area contributed by atoms with Crippen LogP contribution < -0.4 is 10.5 Å². The number of hydrogen-bond donors (Lipinski definition) is 1. The van der Waals surface area contributed by atoms with E-state index in [1.807, 2.05) is 6.07 Å². The summed E-state index contributed by atoms with van der Waals surface area (Å²) in [5, 5.41) is 8.55. The van der Waals surface area contributed by atoms with Crippen molar-refractivity contribution >= 4 is 6.09 Å². The van der Waals surface area contributed by atoms with Gasteiger partial charge < -0.3 is 10.5 Å². The summed E-state index contributed by atoms with van der Waals surface area (Å²) in [6.07, 6.45) is -0.919. The molecule has 0 aliphatic rings. The zero-order valence-electron chi connectivity index (χ0n) is 6.15. The van der Waals surface area contributed by atoms with Crippen molar-refractivity contribution in [1.29, 1.82) is 5.26 Å². The SMILES string of the molecule is N#Cc1ccccc1OC(N)=O. The molecule has 0 atom stereocenters. The molecule has 1 aromatic rings. The van der Waals surface area contributed by atoms with Gasteiger partial charge in [0.25, 0.3) is 0 Å². The van der Waals surface area contributed by atoms with Crippen LogP contribution in [0.5, 0.6) is 5.75 Å². The molecular formula is C8H6N2O2. The highest BCUT2D eigenvalue weighted by Crippen LogP contribution is 2.15. The molecule has 0 aliphatic carbocycles. The standard InChI is InChI=1S/C8H6N2O2/c9-5-6-3-1-2-4-7(6)12-8(10)11/h1-4H,(H2,10,11). The zero-order valence-corrected chi connectivity index (χ0v) is 6.15. The topological polar surface area (TPSA) is 76.1 Å². The zero-order chi connectivity index (χ0) is 8.97. The predicted octanol–water partition coefficient (Wildman–Crippen LogP) is 1.02. The maximum Gasteiger partial charge on any atom is 0.410 e. The molecule has 0 saturated heterocycles. The Balaban J connectivity index is 2.99. The Labute approximate surface area is 69.2 Å². The van der Waals surface area contributed by atoms with E-state index in [9.17, 15) is 4.79 Å². The minimum absolute atomic E-state index is 0.188. The number of amides is 1. The van der Waals surface area contributed by atoms with E-state index < -0.39 is 6.09 Å². The highest BCUT2D eigenvalue weighted by atomic mass is 16.5. The van der Waals surface area contributed by atoms with Crippen LogP contribution in [0.15, 0.2) is 24.3 Å². The van der Waals surface area contributed by atoms with Crippen LogP contribution in [0.2, 0.25) is 0 Å². The Morgan fingerprint density at radius 3 is 2.75 bits per heavy atom. The molecule has 1 amide bonds. The Morgan fingerprint density at radius 1 is 1.50 bits per heavy atom. The van der Waals surface area contributed by atoms with Gasteiger partial charge in [-0.05, 0) is 12.1 Å². The number of nitriles is 1. The third kappa shape index (κ3) is 1.73. The number of carbonyl (C=O) groups is 1. The molecule has 60 valence electrons. The maximum absolute atomic E-state index is 10.3. The number of carbonyl (C=O) groups excluding carboxylic acids is 1. The lowest BCUT2D eigenvalue weighted by molar-refractivity contribution is 0.210. The highest BCUT2D eigenvalue weighted by molar-refractivity contribution is 5.69. The third-order valence-electron chi connectivity index (χ3n) is 1.22.